The van der Waals surface area contributed by atoms with Crippen molar-refractivity contribution in [3.8, 4) is 5.75 Å². The van der Waals surface area contributed by atoms with Crippen molar-refractivity contribution in [3.05, 3.63) is 81.7 Å². The first-order valence-corrected chi connectivity index (χ1v) is 9.37. The van der Waals surface area contributed by atoms with E-state index in [0.29, 0.717) is 17.9 Å². The Bertz CT molecular complexity index is 1020. The number of rotatable bonds is 4. The second-order valence-electron chi connectivity index (χ2n) is 6.19. The highest BCUT2D eigenvalue weighted by Crippen LogP contribution is 2.39. The Hall–Kier alpha value is -2.46. The molecule has 3 aromatic rings. The molecule has 2 aromatic carbocycles. The van der Waals surface area contributed by atoms with Crippen molar-refractivity contribution in [2.45, 2.75) is 20.0 Å². The molecule has 25 heavy (non-hydrogen) atoms. The Kier molecular flexibility index (Phi) is 4.36. The SMILES string of the molecule is Cc1cccc(COc2c(C3=CCCS3)c(=O)[nH]c3ccccc23)c1. The summed E-state index contributed by atoms with van der Waals surface area (Å²) in [7, 11) is 0. The van der Waals surface area contributed by atoms with E-state index < -0.39 is 0 Å². The number of allylic oxidation sites excluding steroid dienone is 1. The number of para-hydroxylation sites is 1. The van der Waals surface area contributed by atoms with Crippen LogP contribution in [0.3, 0.4) is 0 Å². The summed E-state index contributed by atoms with van der Waals surface area (Å²) in [6.45, 7) is 2.51. The largest absolute Gasteiger partial charge is 0.487 e. The molecular weight excluding hydrogens is 330 g/mol. The average molecular weight is 349 g/mol. The fraction of sp³-hybridized carbons (Fsp3) is 0.190. The number of hydrogen-bond donors (Lipinski definition) is 1. The minimum absolute atomic E-state index is 0.0846. The monoisotopic (exact) mass is 349 g/mol. The lowest BCUT2D eigenvalue weighted by Gasteiger charge is -2.14. The number of ether oxygens (including phenoxy) is 1. The Morgan fingerprint density at radius 3 is 2.84 bits per heavy atom. The lowest BCUT2D eigenvalue weighted by Crippen LogP contribution is -2.14. The number of hydrogen-bond acceptors (Lipinski definition) is 3. The van der Waals surface area contributed by atoms with Crippen LogP contribution >= 0.6 is 11.8 Å². The van der Waals surface area contributed by atoms with E-state index in [0.717, 1.165) is 33.5 Å². The Balaban J connectivity index is 1.82. The zero-order valence-electron chi connectivity index (χ0n) is 14.0. The smallest absolute Gasteiger partial charge is 0.260 e. The van der Waals surface area contributed by atoms with Crippen molar-refractivity contribution < 1.29 is 4.74 Å². The van der Waals surface area contributed by atoms with Gasteiger partial charge in [-0.2, -0.15) is 0 Å². The molecule has 0 aliphatic carbocycles. The van der Waals surface area contributed by atoms with E-state index in [1.165, 1.54) is 5.56 Å². The zero-order valence-corrected chi connectivity index (χ0v) is 14.9. The maximum atomic E-state index is 12.7. The summed E-state index contributed by atoms with van der Waals surface area (Å²) in [6, 6.07) is 16.1. The number of fused-ring (bicyclic) bond motifs is 1. The summed E-state index contributed by atoms with van der Waals surface area (Å²) < 4.78 is 6.21. The standard InChI is InChI=1S/C21H19NO2S/c1-14-6-4-7-15(12-14)13-24-20-16-8-2-3-9-17(16)22-21(23)19(20)18-10-5-11-25-18/h2-4,6-10,12H,5,11,13H2,1H3,(H,22,23). The van der Waals surface area contributed by atoms with Crippen LogP contribution in [0.2, 0.25) is 0 Å². The predicted octanol–water partition coefficient (Wildman–Crippen LogP) is 4.89. The topological polar surface area (TPSA) is 42.1 Å². The lowest BCUT2D eigenvalue weighted by molar-refractivity contribution is 0.308. The van der Waals surface area contributed by atoms with Gasteiger partial charge in [-0.1, -0.05) is 48.0 Å². The van der Waals surface area contributed by atoms with Crippen LogP contribution in [0.15, 0.2) is 59.4 Å². The molecule has 0 saturated heterocycles. The maximum absolute atomic E-state index is 12.7. The third kappa shape index (κ3) is 3.22. The van der Waals surface area contributed by atoms with Crippen molar-refractivity contribution in [3.63, 3.8) is 0 Å². The molecule has 0 radical (unpaired) electrons. The van der Waals surface area contributed by atoms with Gasteiger partial charge in [-0.15, -0.1) is 11.8 Å². The van der Waals surface area contributed by atoms with Crippen molar-refractivity contribution in [1.29, 1.82) is 0 Å². The molecule has 1 aliphatic rings. The van der Waals surface area contributed by atoms with Crippen molar-refractivity contribution >= 4 is 27.6 Å². The van der Waals surface area contributed by atoms with Gasteiger partial charge in [0.25, 0.3) is 5.56 Å². The minimum atomic E-state index is -0.0846. The second-order valence-corrected chi connectivity index (χ2v) is 7.32. The highest BCUT2D eigenvalue weighted by atomic mass is 32.2. The van der Waals surface area contributed by atoms with Crippen molar-refractivity contribution in [1.82, 2.24) is 4.98 Å². The van der Waals surface area contributed by atoms with Gasteiger partial charge in [0.2, 0.25) is 0 Å². The molecule has 0 spiro atoms. The average Bonchev–Trinajstić information content (AvgIpc) is 3.13. The number of thioether (sulfide) groups is 1. The minimum Gasteiger partial charge on any atom is -0.487 e. The highest BCUT2D eigenvalue weighted by molar-refractivity contribution is 8.08. The molecule has 126 valence electrons. The quantitative estimate of drug-likeness (QED) is 0.729. The van der Waals surface area contributed by atoms with Gasteiger partial charge in [-0.3, -0.25) is 4.79 Å². The van der Waals surface area contributed by atoms with Gasteiger partial charge in [0.05, 0.1) is 11.1 Å². The van der Waals surface area contributed by atoms with Gasteiger partial charge in [-0.25, -0.2) is 0 Å². The van der Waals surface area contributed by atoms with Gasteiger partial charge in [0, 0.05) is 16.0 Å². The van der Waals surface area contributed by atoms with Crippen LogP contribution in [0.4, 0.5) is 0 Å². The molecule has 2 heterocycles. The van der Waals surface area contributed by atoms with Crippen molar-refractivity contribution in [2.75, 3.05) is 5.75 Å². The van der Waals surface area contributed by atoms with Crippen LogP contribution in [0.5, 0.6) is 5.75 Å². The van der Waals surface area contributed by atoms with Crippen LogP contribution < -0.4 is 10.3 Å². The number of aromatic nitrogens is 1. The molecule has 1 aromatic heterocycles. The number of aryl methyl sites for hydroxylation is 1. The third-order valence-electron chi connectivity index (χ3n) is 4.29. The van der Waals surface area contributed by atoms with E-state index in [1.807, 2.05) is 36.4 Å². The highest BCUT2D eigenvalue weighted by Gasteiger charge is 2.20. The predicted molar refractivity (Wildman–Crippen MR) is 105 cm³/mol. The normalized spacial score (nSPS) is 13.9. The summed E-state index contributed by atoms with van der Waals surface area (Å²) in [4.78, 5) is 16.7. The summed E-state index contributed by atoms with van der Waals surface area (Å²) in [6.07, 6.45) is 3.12. The summed E-state index contributed by atoms with van der Waals surface area (Å²) in [5.74, 6) is 1.69. The van der Waals surface area contributed by atoms with Gasteiger partial charge < -0.3 is 9.72 Å². The van der Waals surface area contributed by atoms with E-state index in [9.17, 15) is 4.79 Å². The van der Waals surface area contributed by atoms with Crippen LogP contribution in [-0.4, -0.2) is 10.7 Å². The molecule has 0 bridgehead atoms. The first-order valence-electron chi connectivity index (χ1n) is 8.39. The summed E-state index contributed by atoms with van der Waals surface area (Å²) >= 11 is 1.72. The van der Waals surface area contributed by atoms with Crippen molar-refractivity contribution in [2.24, 2.45) is 0 Å². The molecule has 0 atom stereocenters. The van der Waals surface area contributed by atoms with E-state index in [1.54, 1.807) is 11.8 Å². The fourth-order valence-electron chi connectivity index (χ4n) is 3.14. The molecular formula is C21H19NO2S. The van der Waals surface area contributed by atoms with Crippen LogP contribution in [-0.2, 0) is 6.61 Å². The first-order chi connectivity index (χ1) is 12.2. The summed E-state index contributed by atoms with van der Waals surface area (Å²) in [5.41, 5.74) is 3.68. The Morgan fingerprint density at radius 2 is 2.04 bits per heavy atom. The van der Waals surface area contributed by atoms with Crippen LogP contribution in [0.1, 0.15) is 23.1 Å². The number of H-pyrrole nitrogens is 1. The third-order valence-corrected chi connectivity index (χ3v) is 5.41. The van der Waals surface area contributed by atoms with E-state index in [-0.39, 0.29) is 5.56 Å². The Labute approximate surface area is 150 Å². The molecule has 0 saturated carbocycles. The maximum Gasteiger partial charge on any atom is 0.260 e. The number of nitrogens with one attached hydrogen (secondary N) is 1. The summed E-state index contributed by atoms with van der Waals surface area (Å²) in [5, 5.41) is 0.943. The first kappa shape index (κ1) is 16.0. The molecule has 4 rings (SSSR count). The molecule has 3 nitrogen and oxygen atoms in total. The molecule has 0 unspecified atom stereocenters. The second kappa shape index (κ2) is 6.81. The molecule has 4 heteroatoms. The van der Waals surface area contributed by atoms with E-state index in [4.69, 9.17) is 4.74 Å². The van der Waals surface area contributed by atoms with E-state index >= 15 is 0 Å². The van der Waals surface area contributed by atoms with Gasteiger partial charge in [0.1, 0.15) is 12.4 Å². The molecule has 0 amide bonds. The number of pyridine rings is 1. The van der Waals surface area contributed by atoms with Gasteiger partial charge in [-0.05, 0) is 31.0 Å². The van der Waals surface area contributed by atoms with Crippen LogP contribution in [0.25, 0.3) is 15.8 Å². The van der Waals surface area contributed by atoms with E-state index in [2.05, 4.69) is 30.1 Å². The van der Waals surface area contributed by atoms with Gasteiger partial charge >= 0.3 is 0 Å². The van der Waals surface area contributed by atoms with Crippen LogP contribution in [0, 0.1) is 6.92 Å². The molecule has 1 N–H and O–H groups in total. The molecule has 1 aliphatic heterocycles. The lowest BCUT2D eigenvalue weighted by atomic mass is 10.1. The fourth-order valence-corrected chi connectivity index (χ4v) is 4.16. The zero-order chi connectivity index (χ0) is 17.2. The Morgan fingerprint density at radius 1 is 1.16 bits per heavy atom. The number of aromatic amines is 1. The van der Waals surface area contributed by atoms with Gasteiger partial charge in [0.15, 0.2) is 0 Å². The molecule has 0 fully saturated rings. The number of benzene rings is 2.